The molecule has 0 aliphatic rings. The standard InChI is InChI=1S/C23H25NO.CO2/c1-16(2)20-12-11-19(21-10-6-5-8-17(21)3)14-23(20)25-15-22-18(4)9-7-13-24-22;2-1-3/h5-14,16H,15H2,1-4H3;. The number of ether oxygens (including phenoxy) is 1. The maximum atomic E-state index is 8.12. The van der Waals surface area contributed by atoms with Gasteiger partial charge in [0.1, 0.15) is 12.4 Å². The molecule has 0 unspecified atom stereocenters. The van der Waals surface area contributed by atoms with E-state index < -0.39 is 0 Å². The molecule has 0 radical (unpaired) electrons. The zero-order valence-corrected chi connectivity index (χ0v) is 16.7. The third-order valence-electron chi connectivity index (χ3n) is 4.57. The normalized spacial score (nSPS) is 10.0. The largest absolute Gasteiger partial charge is 0.487 e. The van der Waals surface area contributed by atoms with E-state index in [4.69, 9.17) is 14.3 Å². The first-order valence-corrected chi connectivity index (χ1v) is 9.20. The van der Waals surface area contributed by atoms with E-state index in [2.05, 4.69) is 81.2 Å². The average Bonchev–Trinajstić information content (AvgIpc) is 2.68. The van der Waals surface area contributed by atoms with Gasteiger partial charge in [0.05, 0.1) is 5.69 Å². The van der Waals surface area contributed by atoms with Crippen LogP contribution in [0.15, 0.2) is 60.8 Å². The molecule has 1 aromatic heterocycles. The lowest BCUT2D eigenvalue weighted by Crippen LogP contribution is -2.03. The SMILES string of the molecule is Cc1ccccc1-c1ccc(C(C)C)c(OCc2ncccc2C)c1.O=C=O. The van der Waals surface area contributed by atoms with Gasteiger partial charge in [-0.3, -0.25) is 4.98 Å². The van der Waals surface area contributed by atoms with Gasteiger partial charge in [0, 0.05) is 6.20 Å². The second kappa shape index (κ2) is 10.2. The van der Waals surface area contributed by atoms with Crippen molar-refractivity contribution in [2.24, 2.45) is 0 Å². The van der Waals surface area contributed by atoms with Gasteiger partial charge in [-0.15, -0.1) is 0 Å². The van der Waals surface area contributed by atoms with Crippen LogP contribution < -0.4 is 4.74 Å². The van der Waals surface area contributed by atoms with Crippen LogP contribution in [-0.2, 0) is 16.2 Å². The summed E-state index contributed by atoms with van der Waals surface area (Å²) in [6.07, 6.45) is 2.07. The average molecular weight is 375 g/mol. The molecule has 0 atom stereocenters. The van der Waals surface area contributed by atoms with E-state index >= 15 is 0 Å². The van der Waals surface area contributed by atoms with Crippen molar-refractivity contribution in [3.8, 4) is 16.9 Å². The molecule has 0 amide bonds. The quantitative estimate of drug-likeness (QED) is 0.592. The van der Waals surface area contributed by atoms with Crippen molar-refractivity contribution in [3.63, 3.8) is 0 Å². The smallest absolute Gasteiger partial charge is 0.373 e. The van der Waals surface area contributed by atoms with E-state index in [1.807, 2.05) is 12.3 Å². The molecule has 0 saturated carbocycles. The highest BCUT2D eigenvalue weighted by molar-refractivity contribution is 5.69. The lowest BCUT2D eigenvalue weighted by Gasteiger charge is -2.17. The Hall–Kier alpha value is -3.23. The van der Waals surface area contributed by atoms with Crippen molar-refractivity contribution in [2.75, 3.05) is 0 Å². The minimum atomic E-state index is 0.250. The summed E-state index contributed by atoms with van der Waals surface area (Å²) in [7, 11) is 0. The van der Waals surface area contributed by atoms with Gasteiger partial charge in [0.25, 0.3) is 0 Å². The van der Waals surface area contributed by atoms with Crippen molar-refractivity contribution in [2.45, 2.75) is 40.2 Å². The molecule has 0 aliphatic carbocycles. The molecule has 4 nitrogen and oxygen atoms in total. The predicted molar refractivity (Wildman–Crippen MR) is 109 cm³/mol. The number of carbonyl (C=O) groups excluding carboxylic acids is 2. The van der Waals surface area contributed by atoms with E-state index in [-0.39, 0.29) is 6.15 Å². The monoisotopic (exact) mass is 375 g/mol. The molecule has 28 heavy (non-hydrogen) atoms. The van der Waals surface area contributed by atoms with Crippen molar-refractivity contribution < 1.29 is 14.3 Å². The Morgan fingerprint density at radius 3 is 2.29 bits per heavy atom. The Morgan fingerprint density at radius 1 is 0.964 bits per heavy atom. The Bertz CT molecular complexity index is 958. The summed E-state index contributed by atoms with van der Waals surface area (Å²) in [6.45, 7) is 9.09. The highest BCUT2D eigenvalue weighted by Gasteiger charge is 2.12. The summed E-state index contributed by atoms with van der Waals surface area (Å²) in [6, 6.07) is 19.0. The number of aryl methyl sites for hydroxylation is 2. The molecule has 0 aliphatic heterocycles. The van der Waals surface area contributed by atoms with Gasteiger partial charge in [0.2, 0.25) is 0 Å². The zero-order valence-electron chi connectivity index (χ0n) is 16.7. The first-order valence-electron chi connectivity index (χ1n) is 9.20. The van der Waals surface area contributed by atoms with Crippen LogP contribution in [0.3, 0.4) is 0 Å². The second-order valence-electron chi connectivity index (χ2n) is 6.86. The molecule has 1 heterocycles. The summed E-state index contributed by atoms with van der Waals surface area (Å²) in [5.41, 5.74) is 7.08. The van der Waals surface area contributed by atoms with E-state index in [1.165, 1.54) is 22.3 Å². The minimum absolute atomic E-state index is 0.250. The van der Waals surface area contributed by atoms with Crippen LogP contribution >= 0.6 is 0 Å². The summed E-state index contributed by atoms with van der Waals surface area (Å²) in [5.74, 6) is 1.35. The molecular formula is C24H25NO3. The molecule has 0 fully saturated rings. The van der Waals surface area contributed by atoms with Crippen LogP contribution in [-0.4, -0.2) is 11.1 Å². The van der Waals surface area contributed by atoms with Crippen LogP contribution in [0.4, 0.5) is 0 Å². The summed E-state index contributed by atoms with van der Waals surface area (Å²) in [5, 5.41) is 0. The lowest BCUT2D eigenvalue weighted by atomic mass is 9.95. The summed E-state index contributed by atoms with van der Waals surface area (Å²) < 4.78 is 6.20. The zero-order chi connectivity index (χ0) is 20.5. The Labute approximate surface area is 166 Å². The van der Waals surface area contributed by atoms with E-state index in [1.54, 1.807) is 0 Å². The van der Waals surface area contributed by atoms with E-state index in [0.717, 1.165) is 17.0 Å². The second-order valence-corrected chi connectivity index (χ2v) is 6.86. The lowest BCUT2D eigenvalue weighted by molar-refractivity contribution is -0.191. The molecule has 3 aromatic rings. The van der Waals surface area contributed by atoms with Gasteiger partial charge >= 0.3 is 6.15 Å². The first kappa shape index (κ1) is 21.1. The third-order valence-corrected chi connectivity index (χ3v) is 4.57. The van der Waals surface area contributed by atoms with Crippen molar-refractivity contribution in [1.82, 2.24) is 4.98 Å². The van der Waals surface area contributed by atoms with Gasteiger partial charge in [0.15, 0.2) is 0 Å². The van der Waals surface area contributed by atoms with Crippen LogP contribution in [0.5, 0.6) is 5.75 Å². The molecule has 3 rings (SSSR count). The maximum Gasteiger partial charge on any atom is 0.373 e. The van der Waals surface area contributed by atoms with Crippen LogP contribution in [0, 0.1) is 13.8 Å². The Kier molecular flexibility index (Phi) is 7.67. The van der Waals surface area contributed by atoms with Crippen LogP contribution in [0.2, 0.25) is 0 Å². The minimum Gasteiger partial charge on any atom is -0.487 e. The number of rotatable bonds is 5. The van der Waals surface area contributed by atoms with Crippen LogP contribution in [0.1, 0.15) is 42.1 Å². The fourth-order valence-electron chi connectivity index (χ4n) is 3.02. The highest BCUT2D eigenvalue weighted by atomic mass is 16.5. The summed E-state index contributed by atoms with van der Waals surface area (Å²) >= 11 is 0. The Morgan fingerprint density at radius 2 is 1.64 bits per heavy atom. The van der Waals surface area contributed by atoms with E-state index in [9.17, 15) is 0 Å². The topological polar surface area (TPSA) is 56.3 Å². The van der Waals surface area contributed by atoms with Gasteiger partial charge in [-0.2, -0.15) is 9.59 Å². The molecule has 0 spiro atoms. The van der Waals surface area contributed by atoms with Gasteiger partial charge < -0.3 is 4.74 Å². The van der Waals surface area contributed by atoms with Gasteiger partial charge in [-0.1, -0.05) is 56.3 Å². The van der Waals surface area contributed by atoms with Gasteiger partial charge in [-0.25, -0.2) is 0 Å². The number of hydrogen-bond acceptors (Lipinski definition) is 4. The number of aromatic nitrogens is 1. The summed E-state index contributed by atoms with van der Waals surface area (Å²) in [4.78, 5) is 20.7. The van der Waals surface area contributed by atoms with E-state index in [0.29, 0.717) is 12.5 Å². The molecule has 2 aromatic carbocycles. The molecule has 0 saturated heterocycles. The molecule has 4 heteroatoms. The molecular weight excluding hydrogens is 350 g/mol. The molecule has 0 bridgehead atoms. The maximum absolute atomic E-state index is 8.12. The molecule has 144 valence electrons. The first-order chi connectivity index (χ1) is 13.5. The highest BCUT2D eigenvalue weighted by Crippen LogP contribution is 2.33. The number of benzene rings is 2. The van der Waals surface area contributed by atoms with Crippen molar-refractivity contribution in [3.05, 3.63) is 83.2 Å². The fraction of sp³-hybridized carbons (Fsp3) is 0.250. The van der Waals surface area contributed by atoms with Crippen molar-refractivity contribution >= 4 is 6.15 Å². The number of nitrogens with zero attached hydrogens (tertiary/aromatic N) is 1. The van der Waals surface area contributed by atoms with Crippen molar-refractivity contribution in [1.29, 1.82) is 0 Å². The Balaban J connectivity index is 0.000000878. The number of pyridine rings is 1. The van der Waals surface area contributed by atoms with Gasteiger partial charge in [-0.05, 0) is 59.7 Å². The molecule has 0 N–H and O–H groups in total. The third kappa shape index (κ3) is 5.38. The fourth-order valence-corrected chi connectivity index (χ4v) is 3.02. The predicted octanol–water partition coefficient (Wildman–Crippen LogP) is 5.48. The number of hydrogen-bond donors (Lipinski definition) is 0. The van der Waals surface area contributed by atoms with Crippen LogP contribution in [0.25, 0.3) is 11.1 Å².